The molecule has 2 rings (SSSR count). The first-order valence-corrected chi connectivity index (χ1v) is 4.80. The Hall–Kier alpha value is -1.71. The maximum absolute atomic E-state index is 11.7. The van der Waals surface area contributed by atoms with Crippen LogP contribution in [0.3, 0.4) is 0 Å². The van der Waals surface area contributed by atoms with E-state index in [-0.39, 0.29) is 5.91 Å². The molecule has 4 heteroatoms. The number of carbonyl (C=O) groups is 1. The van der Waals surface area contributed by atoms with E-state index in [2.05, 4.69) is 11.9 Å². The van der Waals surface area contributed by atoms with Gasteiger partial charge in [-0.15, -0.1) is 0 Å². The highest BCUT2D eigenvalue weighted by Gasteiger charge is 2.38. The molecule has 1 fully saturated rings. The van der Waals surface area contributed by atoms with Gasteiger partial charge in [0, 0.05) is 7.05 Å². The van der Waals surface area contributed by atoms with Gasteiger partial charge in [-0.3, -0.25) is 4.79 Å². The van der Waals surface area contributed by atoms with Crippen LogP contribution in [0.2, 0.25) is 0 Å². The lowest BCUT2D eigenvalue weighted by atomic mass is 9.92. The third-order valence-electron chi connectivity index (χ3n) is 2.77. The summed E-state index contributed by atoms with van der Waals surface area (Å²) >= 11 is 0. The average molecular weight is 206 g/mol. The molecule has 4 nitrogen and oxygen atoms in total. The summed E-state index contributed by atoms with van der Waals surface area (Å²) in [5, 5.41) is 3.19. The molecule has 1 saturated heterocycles. The van der Waals surface area contributed by atoms with E-state index in [4.69, 9.17) is 4.42 Å². The smallest absolute Gasteiger partial charge is 0.230 e. The molecule has 0 saturated carbocycles. The van der Waals surface area contributed by atoms with Crippen molar-refractivity contribution in [2.45, 2.75) is 18.9 Å². The number of amides is 1. The van der Waals surface area contributed by atoms with Gasteiger partial charge in [-0.25, -0.2) is 0 Å². The zero-order valence-corrected chi connectivity index (χ0v) is 8.91. The zero-order chi connectivity index (χ0) is 11.1. The lowest BCUT2D eigenvalue weighted by Gasteiger charge is -2.39. The molecule has 0 spiro atoms. The first-order valence-electron chi connectivity index (χ1n) is 4.80. The third-order valence-corrected chi connectivity index (χ3v) is 2.77. The maximum atomic E-state index is 11.7. The SMILES string of the molecule is C=C1N[C@](C)(c2ccco2)CC(=O)N1C. The van der Waals surface area contributed by atoms with E-state index < -0.39 is 5.54 Å². The second kappa shape index (κ2) is 3.15. The predicted molar refractivity (Wildman–Crippen MR) is 55.7 cm³/mol. The normalized spacial score (nSPS) is 26.7. The lowest BCUT2D eigenvalue weighted by Crippen LogP contribution is -2.52. The van der Waals surface area contributed by atoms with Crippen molar-refractivity contribution in [2.24, 2.45) is 0 Å². The van der Waals surface area contributed by atoms with Crippen LogP contribution in [0.4, 0.5) is 0 Å². The van der Waals surface area contributed by atoms with Crippen molar-refractivity contribution in [3.8, 4) is 0 Å². The summed E-state index contributed by atoms with van der Waals surface area (Å²) in [5.41, 5.74) is -0.482. The van der Waals surface area contributed by atoms with Gasteiger partial charge in [0.05, 0.1) is 12.7 Å². The monoisotopic (exact) mass is 206 g/mol. The Kier molecular flexibility index (Phi) is 2.07. The van der Waals surface area contributed by atoms with E-state index in [1.807, 2.05) is 19.1 Å². The number of carbonyl (C=O) groups excluding carboxylic acids is 1. The van der Waals surface area contributed by atoms with Crippen LogP contribution in [0.1, 0.15) is 19.1 Å². The Bertz CT molecular complexity index is 377. The van der Waals surface area contributed by atoms with Crippen LogP contribution in [-0.4, -0.2) is 17.9 Å². The van der Waals surface area contributed by atoms with Crippen molar-refractivity contribution in [3.63, 3.8) is 0 Å². The van der Waals surface area contributed by atoms with Gasteiger partial charge in [-0.05, 0) is 19.1 Å². The van der Waals surface area contributed by atoms with Crippen molar-refractivity contribution in [1.29, 1.82) is 0 Å². The Morgan fingerprint density at radius 1 is 1.67 bits per heavy atom. The van der Waals surface area contributed by atoms with Gasteiger partial charge < -0.3 is 14.6 Å². The standard InChI is InChI=1S/C11H14N2O2/c1-8-12-11(2,7-10(14)13(8)3)9-5-4-6-15-9/h4-6,12H,1,7H2,2-3H3/t11-/m0/s1. The molecule has 0 unspecified atom stereocenters. The highest BCUT2D eigenvalue weighted by atomic mass is 16.3. The highest BCUT2D eigenvalue weighted by Crippen LogP contribution is 2.30. The largest absolute Gasteiger partial charge is 0.467 e. The fraction of sp³-hybridized carbons (Fsp3) is 0.364. The van der Waals surface area contributed by atoms with Gasteiger partial charge in [0.25, 0.3) is 0 Å². The molecule has 1 atom stereocenters. The van der Waals surface area contributed by atoms with Crippen LogP contribution >= 0.6 is 0 Å². The Labute approximate surface area is 88.6 Å². The molecule has 0 bridgehead atoms. The molecule has 1 aliphatic rings. The summed E-state index contributed by atoms with van der Waals surface area (Å²) in [4.78, 5) is 13.2. The molecule has 0 radical (unpaired) electrons. The number of hydrogen-bond acceptors (Lipinski definition) is 3. The molecule has 0 aromatic carbocycles. The molecule has 1 aliphatic heterocycles. The Morgan fingerprint density at radius 2 is 2.40 bits per heavy atom. The summed E-state index contributed by atoms with van der Waals surface area (Å²) in [5.74, 6) is 1.40. The zero-order valence-electron chi connectivity index (χ0n) is 8.91. The Balaban J connectivity index is 2.32. The van der Waals surface area contributed by atoms with Gasteiger partial charge in [0.2, 0.25) is 5.91 Å². The number of rotatable bonds is 1. The van der Waals surface area contributed by atoms with Crippen molar-refractivity contribution in [3.05, 3.63) is 36.6 Å². The van der Waals surface area contributed by atoms with Crippen LogP contribution in [0, 0.1) is 0 Å². The van der Waals surface area contributed by atoms with Crippen molar-refractivity contribution in [1.82, 2.24) is 10.2 Å². The van der Waals surface area contributed by atoms with Crippen molar-refractivity contribution < 1.29 is 9.21 Å². The molecular weight excluding hydrogens is 192 g/mol. The lowest BCUT2D eigenvalue weighted by molar-refractivity contribution is -0.132. The summed E-state index contributed by atoms with van der Waals surface area (Å²) in [7, 11) is 1.71. The fourth-order valence-corrected chi connectivity index (χ4v) is 1.76. The topological polar surface area (TPSA) is 45.5 Å². The van der Waals surface area contributed by atoms with Crippen LogP contribution in [0.15, 0.2) is 35.2 Å². The van der Waals surface area contributed by atoms with E-state index in [0.29, 0.717) is 12.2 Å². The molecule has 1 aromatic rings. The molecular formula is C11H14N2O2. The highest BCUT2D eigenvalue weighted by molar-refractivity contribution is 5.80. The summed E-state index contributed by atoms with van der Waals surface area (Å²) in [6.07, 6.45) is 1.98. The van der Waals surface area contributed by atoms with Gasteiger partial charge in [0.1, 0.15) is 17.1 Å². The van der Waals surface area contributed by atoms with E-state index >= 15 is 0 Å². The molecule has 1 N–H and O–H groups in total. The average Bonchev–Trinajstić information content (AvgIpc) is 2.67. The van der Waals surface area contributed by atoms with Gasteiger partial charge in [-0.1, -0.05) is 6.58 Å². The summed E-state index contributed by atoms with van der Waals surface area (Å²) in [6, 6.07) is 3.67. The molecule has 1 amide bonds. The van der Waals surface area contributed by atoms with Crippen LogP contribution in [0.5, 0.6) is 0 Å². The number of nitrogens with zero attached hydrogens (tertiary/aromatic N) is 1. The quantitative estimate of drug-likeness (QED) is 0.755. The van der Waals surface area contributed by atoms with Gasteiger partial charge in [-0.2, -0.15) is 0 Å². The van der Waals surface area contributed by atoms with E-state index in [1.54, 1.807) is 13.3 Å². The van der Waals surface area contributed by atoms with Crippen molar-refractivity contribution >= 4 is 5.91 Å². The van der Waals surface area contributed by atoms with E-state index in [0.717, 1.165) is 5.76 Å². The molecule has 80 valence electrons. The number of nitrogens with one attached hydrogen (secondary N) is 1. The first-order chi connectivity index (χ1) is 7.03. The Morgan fingerprint density at radius 3 is 2.93 bits per heavy atom. The molecule has 15 heavy (non-hydrogen) atoms. The van der Waals surface area contributed by atoms with Crippen LogP contribution < -0.4 is 5.32 Å². The molecule has 0 aliphatic carbocycles. The van der Waals surface area contributed by atoms with Crippen LogP contribution in [0.25, 0.3) is 0 Å². The minimum absolute atomic E-state index is 0.0395. The second-order valence-electron chi connectivity index (χ2n) is 4.01. The van der Waals surface area contributed by atoms with Crippen molar-refractivity contribution in [2.75, 3.05) is 7.05 Å². The fourth-order valence-electron chi connectivity index (χ4n) is 1.76. The van der Waals surface area contributed by atoms with Gasteiger partial charge in [0.15, 0.2) is 0 Å². The second-order valence-corrected chi connectivity index (χ2v) is 4.01. The maximum Gasteiger partial charge on any atom is 0.230 e. The molecule has 1 aromatic heterocycles. The van der Waals surface area contributed by atoms with E-state index in [9.17, 15) is 4.79 Å². The minimum Gasteiger partial charge on any atom is -0.467 e. The summed E-state index contributed by atoms with van der Waals surface area (Å²) in [6.45, 7) is 5.74. The molecule has 2 heterocycles. The third kappa shape index (κ3) is 1.52. The summed E-state index contributed by atoms with van der Waals surface area (Å²) < 4.78 is 5.33. The first kappa shape index (κ1) is 9.83. The minimum atomic E-state index is -0.482. The van der Waals surface area contributed by atoms with Crippen LogP contribution in [-0.2, 0) is 10.3 Å². The predicted octanol–water partition coefficient (Wildman–Crippen LogP) is 1.42. The van der Waals surface area contributed by atoms with E-state index in [1.165, 1.54) is 4.90 Å². The number of furan rings is 1. The number of hydrogen-bond donors (Lipinski definition) is 1. The van der Waals surface area contributed by atoms with Gasteiger partial charge >= 0.3 is 0 Å².